The maximum absolute atomic E-state index is 13.6. The molecule has 0 saturated carbocycles. The predicted octanol–water partition coefficient (Wildman–Crippen LogP) is 6.43. The van der Waals surface area contributed by atoms with Gasteiger partial charge in [0.05, 0.1) is 14.7 Å². The van der Waals surface area contributed by atoms with Crippen LogP contribution in [0.1, 0.15) is 76.0 Å². The van der Waals surface area contributed by atoms with E-state index in [-0.39, 0.29) is 32.4 Å². The molecule has 0 bridgehead atoms. The van der Waals surface area contributed by atoms with Crippen LogP contribution in [-0.2, 0) is 19.7 Å². The fourth-order valence-electron chi connectivity index (χ4n) is 3.78. The molecule has 34 heavy (non-hydrogen) atoms. The van der Waals surface area contributed by atoms with Crippen LogP contribution in [0.5, 0.6) is 5.75 Å². The van der Waals surface area contributed by atoms with Crippen molar-refractivity contribution in [1.29, 1.82) is 0 Å². The highest BCUT2D eigenvalue weighted by Crippen LogP contribution is 2.38. The van der Waals surface area contributed by atoms with Crippen LogP contribution in [0.4, 0.5) is 0 Å². The molecule has 0 spiro atoms. The van der Waals surface area contributed by atoms with E-state index < -0.39 is 30.3 Å². The van der Waals surface area contributed by atoms with E-state index in [1.165, 1.54) is 18.2 Å². The molecular weight excluding hydrogens is 468 g/mol. The van der Waals surface area contributed by atoms with Crippen LogP contribution >= 0.6 is 0 Å². The maximum atomic E-state index is 13.6. The van der Waals surface area contributed by atoms with Crippen molar-refractivity contribution in [2.75, 3.05) is 0 Å². The van der Waals surface area contributed by atoms with E-state index in [1.54, 1.807) is 50.2 Å². The monoisotopic (exact) mass is 500 g/mol. The minimum absolute atomic E-state index is 0.00543. The predicted molar refractivity (Wildman–Crippen MR) is 134 cm³/mol. The summed E-state index contributed by atoms with van der Waals surface area (Å²) in [7, 11) is -8.18. The van der Waals surface area contributed by atoms with Gasteiger partial charge in [0.2, 0.25) is 19.7 Å². The lowest BCUT2D eigenvalue weighted by atomic mass is 10.0. The van der Waals surface area contributed by atoms with Gasteiger partial charge in [-0.1, -0.05) is 65.8 Å². The van der Waals surface area contributed by atoms with Gasteiger partial charge in [0.1, 0.15) is 10.6 Å². The van der Waals surface area contributed by atoms with Crippen LogP contribution < -0.4 is 0 Å². The van der Waals surface area contributed by atoms with Gasteiger partial charge in [-0.25, -0.2) is 16.8 Å². The van der Waals surface area contributed by atoms with Crippen molar-refractivity contribution in [2.45, 2.75) is 78.9 Å². The zero-order valence-electron chi connectivity index (χ0n) is 20.4. The third-order valence-corrected chi connectivity index (χ3v) is 9.63. The van der Waals surface area contributed by atoms with Crippen molar-refractivity contribution in [1.82, 2.24) is 0 Å². The van der Waals surface area contributed by atoms with Gasteiger partial charge in [-0.05, 0) is 70.8 Å². The molecule has 3 aromatic rings. The highest BCUT2D eigenvalue weighted by molar-refractivity contribution is 7.92. The highest BCUT2D eigenvalue weighted by Gasteiger charge is 2.30. The Bertz CT molecular complexity index is 1380. The second-order valence-electron chi connectivity index (χ2n) is 9.47. The molecule has 1 N–H and O–H groups in total. The van der Waals surface area contributed by atoms with Crippen molar-refractivity contribution in [3.05, 3.63) is 77.4 Å². The maximum Gasteiger partial charge on any atom is 0.210 e. The molecule has 0 fully saturated rings. The molecule has 0 saturated heterocycles. The largest absolute Gasteiger partial charge is 0.507 e. The van der Waals surface area contributed by atoms with E-state index in [1.807, 2.05) is 27.7 Å². The molecule has 0 radical (unpaired) electrons. The molecule has 3 rings (SSSR count). The lowest BCUT2D eigenvalue weighted by Crippen LogP contribution is -2.11. The van der Waals surface area contributed by atoms with Crippen LogP contribution in [0.25, 0.3) is 0 Å². The number of hydrogen-bond donors (Lipinski definition) is 1. The smallest absolute Gasteiger partial charge is 0.210 e. The number of sulfone groups is 2. The first kappa shape index (κ1) is 26.0. The molecule has 3 aromatic carbocycles. The van der Waals surface area contributed by atoms with Gasteiger partial charge in [0.15, 0.2) is 0 Å². The van der Waals surface area contributed by atoms with E-state index in [2.05, 4.69) is 0 Å². The lowest BCUT2D eigenvalue weighted by Gasteiger charge is -2.17. The summed E-state index contributed by atoms with van der Waals surface area (Å²) in [5, 5.41) is 10.7. The Balaban J connectivity index is 2.20. The molecule has 5 nitrogen and oxygen atoms in total. The number of rotatable bonds is 7. The van der Waals surface area contributed by atoms with Crippen LogP contribution in [0, 0.1) is 0 Å². The zero-order valence-corrected chi connectivity index (χ0v) is 22.0. The zero-order chi connectivity index (χ0) is 25.4. The topological polar surface area (TPSA) is 88.5 Å². The van der Waals surface area contributed by atoms with Crippen molar-refractivity contribution in [3.63, 3.8) is 0 Å². The van der Waals surface area contributed by atoms with Gasteiger partial charge >= 0.3 is 0 Å². The third kappa shape index (κ3) is 4.91. The summed E-state index contributed by atoms with van der Waals surface area (Å²) in [4.78, 5) is -0.468. The van der Waals surface area contributed by atoms with Crippen molar-refractivity contribution < 1.29 is 21.9 Å². The fraction of sp³-hybridized carbons (Fsp3) is 0.333. The Kier molecular flexibility index (Phi) is 7.29. The summed E-state index contributed by atoms with van der Waals surface area (Å²) in [5.74, 6) is -0.247. The molecule has 0 atom stereocenters. The van der Waals surface area contributed by atoms with Crippen molar-refractivity contribution in [2.24, 2.45) is 0 Å². The molecular formula is C27H32O5S2. The summed E-state index contributed by atoms with van der Waals surface area (Å²) in [6, 6.07) is 15.4. The van der Waals surface area contributed by atoms with Gasteiger partial charge in [0, 0.05) is 0 Å². The minimum atomic E-state index is -4.15. The summed E-state index contributed by atoms with van der Waals surface area (Å²) < 4.78 is 54.0. The molecule has 0 aromatic heterocycles. The molecule has 7 heteroatoms. The normalized spacial score (nSPS) is 12.6. The SMILES string of the molecule is CC(C)c1ccc(S(=O)(=O)c2cc(S(=O)(=O)c3ccc(C(C)C)cc3)c(C(C)C)cc2O)cc1. The Labute approximate surface area is 203 Å². The first-order chi connectivity index (χ1) is 15.8. The van der Waals surface area contributed by atoms with E-state index in [0.717, 1.165) is 17.2 Å². The first-order valence-corrected chi connectivity index (χ1v) is 14.3. The summed E-state index contributed by atoms with van der Waals surface area (Å²) in [5.41, 5.74) is 2.34. The summed E-state index contributed by atoms with van der Waals surface area (Å²) in [6.45, 7) is 11.6. The van der Waals surface area contributed by atoms with Gasteiger partial charge in [0.25, 0.3) is 0 Å². The van der Waals surface area contributed by atoms with E-state index in [4.69, 9.17) is 0 Å². The molecule has 0 amide bonds. The van der Waals surface area contributed by atoms with Crippen LogP contribution in [0.2, 0.25) is 0 Å². The Morgan fingerprint density at radius 3 is 1.29 bits per heavy atom. The van der Waals surface area contributed by atoms with Crippen LogP contribution in [0.3, 0.4) is 0 Å². The second-order valence-corrected chi connectivity index (χ2v) is 13.3. The highest BCUT2D eigenvalue weighted by atomic mass is 32.2. The molecule has 0 aliphatic rings. The van der Waals surface area contributed by atoms with Gasteiger partial charge in [-0.3, -0.25) is 0 Å². The number of phenolic OH excluding ortho intramolecular Hbond substituents is 1. The Morgan fingerprint density at radius 1 is 0.559 bits per heavy atom. The van der Waals surface area contributed by atoms with Crippen molar-refractivity contribution >= 4 is 19.7 Å². The van der Waals surface area contributed by atoms with E-state index >= 15 is 0 Å². The summed E-state index contributed by atoms with van der Waals surface area (Å²) in [6.07, 6.45) is 0. The van der Waals surface area contributed by atoms with Crippen LogP contribution in [0.15, 0.2) is 80.2 Å². The summed E-state index contributed by atoms with van der Waals surface area (Å²) >= 11 is 0. The van der Waals surface area contributed by atoms with E-state index in [9.17, 15) is 21.9 Å². The third-order valence-electron chi connectivity index (χ3n) is 6.01. The van der Waals surface area contributed by atoms with Crippen LogP contribution in [-0.4, -0.2) is 21.9 Å². The lowest BCUT2D eigenvalue weighted by molar-refractivity contribution is 0.456. The molecule has 0 unspecified atom stereocenters. The fourth-order valence-corrected chi connectivity index (χ4v) is 6.84. The van der Waals surface area contributed by atoms with Gasteiger partial charge < -0.3 is 5.11 Å². The van der Waals surface area contributed by atoms with E-state index in [0.29, 0.717) is 5.56 Å². The number of hydrogen-bond acceptors (Lipinski definition) is 5. The molecule has 0 aliphatic carbocycles. The molecule has 182 valence electrons. The number of phenols is 1. The standard InChI is InChI=1S/C27H32O5S2/c1-17(2)20-7-11-22(12-8-20)33(29,30)26-16-27(25(28)15-24(26)19(5)6)34(31,32)23-13-9-21(10-14-23)18(3)4/h7-19,28H,1-6H3. The number of aromatic hydroxyl groups is 1. The average molecular weight is 501 g/mol. The Morgan fingerprint density at radius 2 is 0.941 bits per heavy atom. The second kappa shape index (κ2) is 9.55. The average Bonchev–Trinajstić information content (AvgIpc) is 2.78. The van der Waals surface area contributed by atoms with Crippen molar-refractivity contribution in [3.8, 4) is 5.75 Å². The quantitative estimate of drug-likeness (QED) is 0.404. The first-order valence-electron chi connectivity index (χ1n) is 11.3. The minimum Gasteiger partial charge on any atom is -0.507 e. The van der Waals surface area contributed by atoms with Gasteiger partial charge in [-0.15, -0.1) is 0 Å². The number of benzene rings is 3. The Hall–Kier alpha value is -2.64. The van der Waals surface area contributed by atoms with Gasteiger partial charge in [-0.2, -0.15) is 0 Å². The molecule has 0 heterocycles. The molecule has 0 aliphatic heterocycles.